The highest BCUT2D eigenvalue weighted by Crippen LogP contribution is 2.29. The van der Waals surface area contributed by atoms with Crippen molar-refractivity contribution in [3.8, 4) is 0 Å². The number of fused-ring (bicyclic) bond motifs is 1. The molecular formula is C13H12ClN3OS. The molecule has 0 saturated heterocycles. The second-order valence-corrected chi connectivity index (χ2v) is 6.04. The Labute approximate surface area is 119 Å². The van der Waals surface area contributed by atoms with Crippen LogP contribution in [0.1, 0.15) is 39.8 Å². The molecular weight excluding hydrogens is 282 g/mol. The molecule has 3 rings (SSSR count). The van der Waals surface area contributed by atoms with Gasteiger partial charge in [-0.3, -0.25) is 4.79 Å². The minimum atomic E-state index is -0.203. The fraction of sp³-hybridized carbons (Fsp3) is 0.308. The van der Waals surface area contributed by atoms with Crippen LogP contribution in [-0.4, -0.2) is 16.1 Å². The Bertz CT molecular complexity index is 613. The molecule has 1 aliphatic rings. The van der Waals surface area contributed by atoms with E-state index in [1.165, 1.54) is 11.1 Å². The van der Waals surface area contributed by atoms with E-state index >= 15 is 0 Å². The molecule has 1 heterocycles. The number of carbonyl (C=O) groups is 1. The number of hydrogen-bond donors (Lipinski definition) is 1. The number of aromatic nitrogens is 2. The maximum absolute atomic E-state index is 12.1. The summed E-state index contributed by atoms with van der Waals surface area (Å²) in [5.74, 6) is -0.203. The Morgan fingerprint density at radius 3 is 3.00 bits per heavy atom. The lowest BCUT2D eigenvalue weighted by Crippen LogP contribution is -2.30. The first-order valence-corrected chi connectivity index (χ1v) is 7.31. The summed E-state index contributed by atoms with van der Waals surface area (Å²) in [7, 11) is 0. The standard InChI is InChI=1S/C13H12ClN3OS/c14-13-17-16-12(19-13)11(18)15-10-7-3-5-8-4-1-2-6-9(8)10/h1-2,4,6,10H,3,5,7H2,(H,15,18). The van der Waals surface area contributed by atoms with E-state index in [-0.39, 0.29) is 16.4 Å². The fourth-order valence-corrected chi connectivity index (χ4v) is 3.15. The van der Waals surface area contributed by atoms with Crippen molar-refractivity contribution < 1.29 is 4.79 Å². The zero-order valence-electron chi connectivity index (χ0n) is 10.1. The van der Waals surface area contributed by atoms with E-state index in [1.54, 1.807) is 0 Å². The molecule has 98 valence electrons. The monoisotopic (exact) mass is 293 g/mol. The summed E-state index contributed by atoms with van der Waals surface area (Å²) in [5.41, 5.74) is 2.52. The summed E-state index contributed by atoms with van der Waals surface area (Å²) in [6.07, 6.45) is 3.11. The number of amides is 1. The summed E-state index contributed by atoms with van der Waals surface area (Å²) in [5, 5.41) is 10.7. The van der Waals surface area contributed by atoms with Crippen molar-refractivity contribution in [3.63, 3.8) is 0 Å². The molecule has 0 fully saturated rings. The minimum absolute atomic E-state index is 0.0557. The molecule has 0 spiro atoms. The van der Waals surface area contributed by atoms with Crippen LogP contribution in [0.4, 0.5) is 0 Å². The van der Waals surface area contributed by atoms with Gasteiger partial charge in [0, 0.05) is 0 Å². The molecule has 1 N–H and O–H groups in total. The van der Waals surface area contributed by atoms with Gasteiger partial charge in [0.1, 0.15) is 0 Å². The molecule has 2 aromatic rings. The number of hydrogen-bond acceptors (Lipinski definition) is 4. The number of aryl methyl sites for hydroxylation is 1. The second kappa shape index (κ2) is 5.27. The Morgan fingerprint density at radius 1 is 1.37 bits per heavy atom. The van der Waals surface area contributed by atoms with Gasteiger partial charge in [-0.05, 0) is 42.0 Å². The smallest absolute Gasteiger partial charge is 0.282 e. The minimum Gasteiger partial charge on any atom is -0.343 e. The van der Waals surface area contributed by atoms with E-state index < -0.39 is 0 Å². The lowest BCUT2D eigenvalue weighted by atomic mass is 9.88. The van der Waals surface area contributed by atoms with E-state index in [1.807, 2.05) is 12.1 Å². The summed E-state index contributed by atoms with van der Waals surface area (Å²) in [6.45, 7) is 0. The predicted molar refractivity (Wildman–Crippen MR) is 74.5 cm³/mol. The first kappa shape index (κ1) is 12.6. The highest BCUT2D eigenvalue weighted by atomic mass is 35.5. The van der Waals surface area contributed by atoms with Crippen LogP contribution >= 0.6 is 22.9 Å². The zero-order valence-corrected chi connectivity index (χ0v) is 11.7. The SMILES string of the molecule is O=C(NC1CCCc2ccccc21)c1nnc(Cl)s1. The summed E-state index contributed by atoms with van der Waals surface area (Å²) in [4.78, 5) is 12.1. The van der Waals surface area contributed by atoms with Gasteiger partial charge < -0.3 is 5.32 Å². The molecule has 0 bridgehead atoms. The molecule has 0 radical (unpaired) electrons. The van der Waals surface area contributed by atoms with Gasteiger partial charge in [0.25, 0.3) is 5.91 Å². The molecule has 1 unspecified atom stereocenters. The van der Waals surface area contributed by atoms with E-state index in [2.05, 4.69) is 27.6 Å². The van der Waals surface area contributed by atoms with Crippen LogP contribution in [0.5, 0.6) is 0 Å². The lowest BCUT2D eigenvalue weighted by molar-refractivity contribution is 0.0931. The number of carbonyl (C=O) groups excluding carboxylic acids is 1. The van der Waals surface area contributed by atoms with Crippen molar-refractivity contribution in [2.45, 2.75) is 25.3 Å². The number of benzene rings is 1. The number of nitrogens with zero attached hydrogens (tertiary/aromatic N) is 2. The third-order valence-electron chi connectivity index (χ3n) is 3.27. The Morgan fingerprint density at radius 2 is 2.21 bits per heavy atom. The largest absolute Gasteiger partial charge is 0.343 e. The zero-order chi connectivity index (χ0) is 13.2. The summed E-state index contributed by atoms with van der Waals surface area (Å²) < 4.78 is 0.286. The van der Waals surface area contributed by atoms with Gasteiger partial charge in [-0.25, -0.2) is 0 Å². The third kappa shape index (κ3) is 2.62. The maximum Gasteiger partial charge on any atom is 0.282 e. The van der Waals surface area contributed by atoms with Crippen LogP contribution in [0.2, 0.25) is 4.47 Å². The molecule has 19 heavy (non-hydrogen) atoms. The lowest BCUT2D eigenvalue weighted by Gasteiger charge is -2.25. The van der Waals surface area contributed by atoms with Crippen molar-refractivity contribution in [1.29, 1.82) is 0 Å². The van der Waals surface area contributed by atoms with E-state index in [0.717, 1.165) is 30.6 Å². The van der Waals surface area contributed by atoms with E-state index in [9.17, 15) is 4.79 Å². The van der Waals surface area contributed by atoms with Crippen molar-refractivity contribution in [3.05, 3.63) is 44.9 Å². The Balaban J connectivity index is 1.79. The molecule has 4 nitrogen and oxygen atoms in total. The number of rotatable bonds is 2. The quantitative estimate of drug-likeness (QED) is 0.926. The third-order valence-corrected chi connectivity index (χ3v) is 4.29. The van der Waals surface area contributed by atoms with Gasteiger partial charge in [0.05, 0.1) is 6.04 Å². The van der Waals surface area contributed by atoms with E-state index in [0.29, 0.717) is 5.01 Å². The number of halogens is 1. The first-order chi connectivity index (χ1) is 9.24. The fourth-order valence-electron chi connectivity index (χ4n) is 2.42. The van der Waals surface area contributed by atoms with Gasteiger partial charge in [0.2, 0.25) is 9.47 Å². The molecule has 6 heteroatoms. The van der Waals surface area contributed by atoms with Crippen LogP contribution in [0.3, 0.4) is 0 Å². The summed E-state index contributed by atoms with van der Waals surface area (Å²) in [6, 6.07) is 8.29. The van der Waals surface area contributed by atoms with Crippen molar-refractivity contribution in [2.24, 2.45) is 0 Å². The van der Waals surface area contributed by atoms with Crippen molar-refractivity contribution >= 4 is 28.8 Å². The molecule has 1 aliphatic carbocycles. The van der Waals surface area contributed by atoms with Crippen LogP contribution in [-0.2, 0) is 6.42 Å². The average molecular weight is 294 g/mol. The van der Waals surface area contributed by atoms with Gasteiger partial charge in [-0.15, -0.1) is 10.2 Å². The Kier molecular flexibility index (Phi) is 3.48. The highest BCUT2D eigenvalue weighted by molar-refractivity contribution is 7.17. The average Bonchev–Trinajstić information content (AvgIpc) is 2.86. The van der Waals surface area contributed by atoms with Gasteiger partial charge >= 0.3 is 0 Å². The predicted octanol–water partition coefficient (Wildman–Crippen LogP) is 3.00. The van der Waals surface area contributed by atoms with Crippen LogP contribution in [0, 0.1) is 0 Å². The van der Waals surface area contributed by atoms with Gasteiger partial charge in [0.15, 0.2) is 0 Å². The molecule has 1 atom stereocenters. The molecule has 1 amide bonds. The molecule has 0 saturated carbocycles. The summed E-state index contributed by atoms with van der Waals surface area (Å²) >= 11 is 6.79. The molecule has 1 aromatic carbocycles. The number of nitrogens with one attached hydrogen (secondary N) is 1. The molecule has 0 aliphatic heterocycles. The second-order valence-electron chi connectivity index (χ2n) is 4.48. The van der Waals surface area contributed by atoms with Crippen molar-refractivity contribution in [1.82, 2.24) is 15.5 Å². The highest BCUT2D eigenvalue weighted by Gasteiger charge is 2.23. The molecule has 1 aromatic heterocycles. The normalized spacial score (nSPS) is 17.8. The topological polar surface area (TPSA) is 54.9 Å². The maximum atomic E-state index is 12.1. The van der Waals surface area contributed by atoms with Gasteiger partial charge in [-0.2, -0.15) is 0 Å². The van der Waals surface area contributed by atoms with Crippen LogP contribution in [0.15, 0.2) is 24.3 Å². The van der Waals surface area contributed by atoms with Gasteiger partial charge in [-0.1, -0.05) is 35.6 Å². The Hall–Kier alpha value is -1.46. The van der Waals surface area contributed by atoms with Crippen LogP contribution < -0.4 is 5.32 Å². The van der Waals surface area contributed by atoms with E-state index in [4.69, 9.17) is 11.6 Å². The first-order valence-electron chi connectivity index (χ1n) is 6.12. The van der Waals surface area contributed by atoms with Crippen molar-refractivity contribution in [2.75, 3.05) is 0 Å². The van der Waals surface area contributed by atoms with Crippen LogP contribution in [0.25, 0.3) is 0 Å².